The zero-order valence-electron chi connectivity index (χ0n) is 16.3. The lowest BCUT2D eigenvalue weighted by Gasteiger charge is -2.17. The number of halogens is 3. The van der Waals surface area contributed by atoms with E-state index in [2.05, 4.69) is 0 Å². The molecule has 2 aromatic rings. The van der Waals surface area contributed by atoms with E-state index in [0.717, 1.165) is 12.1 Å². The number of nitrogens with one attached hydrogen (secondary N) is 1. The summed E-state index contributed by atoms with van der Waals surface area (Å²) in [6.07, 6.45) is -6.06. The largest absolute Gasteiger partial charge is 0.494 e. The first-order valence-electron chi connectivity index (χ1n) is 9.11. The van der Waals surface area contributed by atoms with Crippen molar-refractivity contribution < 1.29 is 37.2 Å². The minimum Gasteiger partial charge on any atom is -0.494 e. The Kier molecular flexibility index (Phi) is 7.94. The molecule has 0 fully saturated rings. The van der Waals surface area contributed by atoms with E-state index in [-0.39, 0.29) is 13.0 Å². The van der Waals surface area contributed by atoms with Crippen LogP contribution in [0.1, 0.15) is 25.3 Å². The average molecular weight is 440 g/mol. The number of para-hydroxylation sites is 1. The first-order valence-corrected chi connectivity index (χ1v) is 9.11. The number of alkyl halides is 3. The molecule has 2 aromatic carbocycles. The highest BCUT2D eigenvalue weighted by atomic mass is 19.4. The topological polar surface area (TPSA) is 108 Å². The van der Waals surface area contributed by atoms with Crippen LogP contribution in [0.15, 0.2) is 48.5 Å². The van der Waals surface area contributed by atoms with Crippen LogP contribution < -0.4 is 10.1 Å². The van der Waals surface area contributed by atoms with Crippen molar-refractivity contribution in [3.8, 4) is 5.75 Å². The van der Waals surface area contributed by atoms with Crippen LogP contribution in [0.25, 0.3) is 0 Å². The van der Waals surface area contributed by atoms with Crippen LogP contribution in [0.2, 0.25) is 0 Å². The molecule has 0 unspecified atom stereocenters. The van der Waals surface area contributed by atoms with E-state index in [0.29, 0.717) is 18.2 Å². The lowest BCUT2D eigenvalue weighted by atomic mass is 10.1. The molecule has 0 aliphatic rings. The highest BCUT2D eigenvalue weighted by Crippen LogP contribution is 2.37. The Balaban J connectivity index is 1.88. The van der Waals surface area contributed by atoms with Crippen molar-refractivity contribution in [2.75, 3.05) is 11.9 Å². The van der Waals surface area contributed by atoms with Gasteiger partial charge in [0.05, 0.1) is 22.8 Å². The van der Waals surface area contributed by atoms with E-state index in [1.807, 2.05) is 11.4 Å². The summed E-state index contributed by atoms with van der Waals surface area (Å²) in [7, 11) is 0. The number of benzene rings is 2. The van der Waals surface area contributed by atoms with Gasteiger partial charge in [0, 0.05) is 18.6 Å². The molecule has 11 heteroatoms. The van der Waals surface area contributed by atoms with Crippen molar-refractivity contribution >= 4 is 23.3 Å². The van der Waals surface area contributed by atoms with Crippen molar-refractivity contribution in [2.24, 2.45) is 0 Å². The molecule has 0 aromatic heterocycles. The first-order chi connectivity index (χ1) is 14.6. The van der Waals surface area contributed by atoms with Gasteiger partial charge in [-0.05, 0) is 31.5 Å². The monoisotopic (exact) mass is 440 g/mol. The maximum atomic E-state index is 13.2. The van der Waals surface area contributed by atoms with Gasteiger partial charge in [-0.3, -0.25) is 19.7 Å². The molecule has 0 saturated heterocycles. The summed E-state index contributed by atoms with van der Waals surface area (Å²) in [6.45, 7) is 1.43. The van der Waals surface area contributed by atoms with Gasteiger partial charge in [-0.15, -0.1) is 0 Å². The Morgan fingerprint density at radius 2 is 1.84 bits per heavy atom. The van der Waals surface area contributed by atoms with Gasteiger partial charge in [0.1, 0.15) is 5.75 Å². The van der Waals surface area contributed by atoms with Crippen LogP contribution in [0, 0.1) is 10.1 Å². The molecular formula is C20H19F3N2O6. The molecule has 0 radical (unpaired) electrons. The molecule has 0 aliphatic carbocycles. The summed E-state index contributed by atoms with van der Waals surface area (Å²) in [5, 5.41) is 12.7. The van der Waals surface area contributed by atoms with Crippen LogP contribution in [-0.4, -0.2) is 29.5 Å². The second-order valence-electron chi connectivity index (χ2n) is 6.37. The summed E-state index contributed by atoms with van der Waals surface area (Å²) in [5.74, 6) is -1.10. The minimum atomic E-state index is -4.94. The second kappa shape index (κ2) is 10.4. The first kappa shape index (κ1) is 23.6. The lowest BCUT2D eigenvalue weighted by Crippen LogP contribution is -2.30. The molecule has 0 saturated carbocycles. The Hall–Kier alpha value is -3.63. The number of esters is 1. The number of carbonyl (C=O) groups excluding carboxylic acids is 2. The van der Waals surface area contributed by atoms with E-state index in [4.69, 9.17) is 9.47 Å². The van der Waals surface area contributed by atoms with Crippen molar-refractivity contribution in [1.29, 1.82) is 0 Å². The summed E-state index contributed by atoms with van der Waals surface area (Å²) in [5.41, 5.74) is -2.84. The van der Waals surface area contributed by atoms with Gasteiger partial charge in [-0.2, -0.15) is 13.2 Å². The molecule has 0 spiro atoms. The SMILES string of the molecule is C[C@@H](OC(=O)CCCOc1ccccc1)C(=O)Nc1ccc([N+](=O)[O-])cc1C(F)(F)F. The van der Waals surface area contributed by atoms with E-state index >= 15 is 0 Å². The summed E-state index contributed by atoms with van der Waals surface area (Å²) >= 11 is 0. The number of rotatable bonds is 9. The number of nitro groups is 1. The Labute approximate surface area is 175 Å². The Bertz CT molecular complexity index is 934. The van der Waals surface area contributed by atoms with Gasteiger partial charge in [-0.1, -0.05) is 18.2 Å². The van der Waals surface area contributed by atoms with Gasteiger partial charge in [0.15, 0.2) is 6.10 Å². The van der Waals surface area contributed by atoms with Gasteiger partial charge in [-0.25, -0.2) is 0 Å². The third-order valence-electron chi connectivity index (χ3n) is 3.99. The van der Waals surface area contributed by atoms with Crippen LogP contribution in [-0.2, 0) is 20.5 Å². The van der Waals surface area contributed by atoms with Crippen LogP contribution in [0.3, 0.4) is 0 Å². The quantitative estimate of drug-likeness (QED) is 0.269. The molecule has 0 heterocycles. The highest BCUT2D eigenvalue weighted by molar-refractivity contribution is 5.96. The van der Waals surface area contributed by atoms with Crippen LogP contribution in [0.4, 0.5) is 24.5 Å². The van der Waals surface area contributed by atoms with Crippen LogP contribution >= 0.6 is 0 Å². The van der Waals surface area contributed by atoms with Gasteiger partial charge >= 0.3 is 12.1 Å². The predicted octanol–water partition coefficient (Wildman–Crippen LogP) is 4.34. The van der Waals surface area contributed by atoms with Crippen molar-refractivity contribution in [2.45, 2.75) is 32.0 Å². The van der Waals surface area contributed by atoms with Crippen molar-refractivity contribution in [3.05, 3.63) is 64.2 Å². The normalized spacial score (nSPS) is 12.0. The number of non-ortho nitro benzene ring substituents is 1. The number of carbonyl (C=O) groups is 2. The standard InChI is InChI=1S/C20H19F3N2O6/c1-13(31-18(26)8-5-11-30-15-6-3-2-4-7-15)19(27)24-17-10-9-14(25(28)29)12-16(17)20(21,22)23/h2-4,6-7,9-10,12-13H,5,8,11H2,1H3,(H,24,27)/t13-/m1/s1. The van der Waals surface area contributed by atoms with Crippen molar-refractivity contribution in [1.82, 2.24) is 0 Å². The third kappa shape index (κ3) is 7.28. The maximum absolute atomic E-state index is 13.2. The summed E-state index contributed by atoms with van der Waals surface area (Å²) in [6, 6.07) is 10.8. The fourth-order valence-corrected chi connectivity index (χ4v) is 2.46. The number of amides is 1. The van der Waals surface area contributed by atoms with Gasteiger partial charge < -0.3 is 14.8 Å². The lowest BCUT2D eigenvalue weighted by molar-refractivity contribution is -0.385. The zero-order chi connectivity index (χ0) is 23.0. The zero-order valence-corrected chi connectivity index (χ0v) is 16.3. The molecule has 0 aliphatic heterocycles. The van der Waals surface area contributed by atoms with Crippen molar-refractivity contribution in [3.63, 3.8) is 0 Å². The maximum Gasteiger partial charge on any atom is 0.418 e. The smallest absolute Gasteiger partial charge is 0.418 e. The Morgan fingerprint density at radius 1 is 1.16 bits per heavy atom. The van der Waals surface area contributed by atoms with E-state index in [1.165, 1.54) is 6.92 Å². The fourth-order valence-electron chi connectivity index (χ4n) is 2.46. The molecular weight excluding hydrogens is 421 g/mol. The number of ether oxygens (including phenoxy) is 2. The number of hydrogen-bond acceptors (Lipinski definition) is 6. The Morgan fingerprint density at radius 3 is 2.45 bits per heavy atom. The molecule has 1 N–H and O–H groups in total. The number of nitro benzene ring substituents is 1. The number of hydrogen-bond donors (Lipinski definition) is 1. The molecule has 1 amide bonds. The fraction of sp³-hybridized carbons (Fsp3) is 0.300. The minimum absolute atomic E-state index is 0.0597. The molecule has 31 heavy (non-hydrogen) atoms. The predicted molar refractivity (Wildman–Crippen MR) is 103 cm³/mol. The summed E-state index contributed by atoms with van der Waals surface area (Å²) < 4.78 is 49.9. The van der Waals surface area contributed by atoms with Gasteiger partial charge in [0.2, 0.25) is 0 Å². The van der Waals surface area contributed by atoms with E-state index < -0.39 is 46.0 Å². The molecule has 2 rings (SSSR count). The van der Waals surface area contributed by atoms with E-state index in [9.17, 15) is 32.9 Å². The molecule has 8 nitrogen and oxygen atoms in total. The number of nitrogens with zero attached hydrogens (tertiary/aromatic N) is 1. The molecule has 0 bridgehead atoms. The summed E-state index contributed by atoms with van der Waals surface area (Å²) in [4.78, 5) is 33.7. The molecule has 1 atom stereocenters. The highest BCUT2D eigenvalue weighted by Gasteiger charge is 2.36. The van der Waals surface area contributed by atoms with E-state index in [1.54, 1.807) is 24.3 Å². The number of anilines is 1. The average Bonchev–Trinajstić information content (AvgIpc) is 2.71. The third-order valence-corrected chi connectivity index (χ3v) is 3.99. The molecule has 166 valence electrons. The van der Waals surface area contributed by atoms with Crippen LogP contribution in [0.5, 0.6) is 5.75 Å². The van der Waals surface area contributed by atoms with Gasteiger partial charge in [0.25, 0.3) is 11.6 Å². The second-order valence-corrected chi connectivity index (χ2v) is 6.37.